The highest BCUT2D eigenvalue weighted by Gasteiger charge is 2.18. The van der Waals surface area contributed by atoms with Gasteiger partial charge in [0, 0.05) is 13.0 Å². The standard InChI is InChI=1S/C15H19ClN2O4/c1-9(2)18(10(3)19)8-14(20)17-13-7-11(15(21)22-4)5-6-12(13)16/h5-7,9H,8H2,1-4H3,(H,17,20). The summed E-state index contributed by atoms with van der Waals surface area (Å²) in [6.07, 6.45) is 0. The van der Waals surface area contributed by atoms with Crippen LogP contribution in [0.5, 0.6) is 0 Å². The first-order chi connectivity index (χ1) is 10.3. The van der Waals surface area contributed by atoms with E-state index in [2.05, 4.69) is 10.1 Å². The number of benzene rings is 1. The van der Waals surface area contributed by atoms with E-state index >= 15 is 0 Å². The predicted molar refractivity (Wildman–Crippen MR) is 83.9 cm³/mol. The highest BCUT2D eigenvalue weighted by molar-refractivity contribution is 6.33. The van der Waals surface area contributed by atoms with Gasteiger partial charge in [-0.3, -0.25) is 9.59 Å². The maximum absolute atomic E-state index is 12.1. The molecule has 0 aliphatic rings. The smallest absolute Gasteiger partial charge is 0.337 e. The zero-order valence-corrected chi connectivity index (χ0v) is 13.7. The molecule has 0 unspecified atom stereocenters. The normalized spacial score (nSPS) is 10.3. The summed E-state index contributed by atoms with van der Waals surface area (Å²) in [6.45, 7) is 4.95. The van der Waals surface area contributed by atoms with Crippen molar-refractivity contribution in [2.45, 2.75) is 26.8 Å². The van der Waals surface area contributed by atoms with Crippen LogP contribution < -0.4 is 5.32 Å². The van der Waals surface area contributed by atoms with Gasteiger partial charge in [0.25, 0.3) is 0 Å². The molecule has 0 atom stereocenters. The zero-order valence-electron chi connectivity index (χ0n) is 13.0. The van der Waals surface area contributed by atoms with Gasteiger partial charge in [0.1, 0.15) is 6.54 Å². The molecule has 1 aromatic carbocycles. The molecule has 1 rings (SSSR count). The molecule has 0 aliphatic carbocycles. The minimum absolute atomic E-state index is 0.0915. The van der Waals surface area contributed by atoms with Gasteiger partial charge in [0.15, 0.2) is 0 Å². The van der Waals surface area contributed by atoms with Crippen molar-refractivity contribution in [2.24, 2.45) is 0 Å². The first-order valence-corrected chi connectivity index (χ1v) is 7.09. The number of nitrogens with one attached hydrogen (secondary N) is 1. The van der Waals surface area contributed by atoms with Crippen molar-refractivity contribution in [1.82, 2.24) is 4.90 Å². The number of anilines is 1. The van der Waals surface area contributed by atoms with Crippen molar-refractivity contribution in [3.8, 4) is 0 Å². The van der Waals surface area contributed by atoms with Gasteiger partial charge in [0.2, 0.25) is 11.8 Å². The molecular formula is C15H19ClN2O4. The monoisotopic (exact) mass is 326 g/mol. The van der Waals surface area contributed by atoms with E-state index in [1.54, 1.807) is 0 Å². The van der Waals surface area contributed by atoms with Crippen LogP contribution in [0.25, 0.3) is 0 Å². The fourth-order valence-electron chi connectivity index (χ4n) is 1.87. The average Bonchev–Trinajstić information content (AvgIpc) is 2.45. The second-order valence-corrected chi connectivity index (χ2v) is 5.38. The van der Waals surface area contributed by atoms with Gasteiger partial charge in [-0.25, -0.2) is 4.79 Å². The Balaban J connectivity index is 2.87. The number of halogens is 1. The molecule has 6 nitrogen and oxygen atoms in total. The molecule has 0 aromatic heterocycles. The molecule has 0 fully saturated rings. The fraction of sp³-hybridized carbons (Fsp3) is 0.400. The molecule has 0 saturated heterocycles. The van der Waals surface area contributed by atoms with E-state index < -0.39 is 11.9 Å². The van der Waals surface area contributed by atoms with Crippen LogP contribution in [0.2, 0.25) is 5.02 Å². The molecule has 1 N–H and O–H groups in total. The Hall–Kier alpha value is -2.08. The largest absolute Gasteiger partial charge is 0.465 e. The van der Waals surface area contributed by atoms with E-state index in [9.17, 15) is 14.4 Å². The Morgan fingerprint density at radius 3 is 2.45 bits per heavy atom. The number of methoxy groups -OCH3 is 1. The van der Waals surface area contributed by atoms with Gasteiger partial charge in [-0.15, -0.1) is 0 Å². The van der Waals surface area contributed by atoms with Crippen LogP contribution in [0.1, 0.15) is 31.1 Å². The molecule has 0 saturated carbocycles. The van der Waals surface area contributed by atoms with Gasteiger partial charge < -0.3 is 15.0 Å². The Labute approximate surface area is 134 Å². The number of amides is 2. The second kappa shape index (κ2) is 7.79. The maximum atomic E-state index is 12.1. The molecule has 7 heteroatoms. The molecule has 0 bridgehead atoms. The molecule has 2 amide bonds. The van der Waals surface area contributed by atoms with Crippen molar-refractivity contribution in [1.29, 1.82) is 0 Å². The third kappa shape index (κ3) is 4.73. The van der Waals surface area contributed by atoms with E-state index in [0.29, 0.717) is 10.7 Å². The lowest BCUT2D eigenvalue weighted by molar-refractivity contribution is -0.134. The summed E-state index contributed by atoms with van der Waals surface area (Å²) in [5, 5.41) is 2.89. The minimum Gasteiger partial charge on any atom is -0.465 e. The Morgan fingerprint density at radius 1 is 1.32 bits per heavy atom. The number of hydrogen-bond acceptors (Lipinski definition) is 4. The van der Waals surface area contributed by atoms with E-state index in [0.717, 1.165) is 0 Å². The van der Waals surface area contributed by atoms with Crippen LogP contribution in [0.3, 0.4) is 0 Å². The van der Waals surface area contributed by atoms with Crippen molar-refractivity contribution in [3.63, 3.8) is 0 Å². The van der Waals surface area contributed by atoms with Gasteiger partial charge >= 0.3 is 5.97 Å². The van der Waals surface area contributed by atoms with Crippen LogP contribution in [0, 0.1) is 0 Å². The first-order valence-electron chi connectivity index (χ1n) is 6.71. The summed E-state index contributed by atoms with van der Waals surface area (Å²) < 4.78 is 4.62. The predicted octanol–water partition coefficient (Wildman–Crippen LogP) is 2.32. The number of esters is 1. The second-order valence-electron chi connectivity index (χ2n) is 4.98. The van der Waals surface area contributed by atoms with Crippen molar-refractivity contribution >= 4 is 35.1 Å². The Morgan fingerprint density at radius 2 is 1.95 bits per heavy atom. The highest BCUT2D eigenvalue weighted by atomic mass is 35.5. The number of ether oxygens (including phenoxy) is 1. The van der Waals surface area contributed by atoms with Crippen LogP contribution in [0.15, 0.2) is 18.2 Å². The van der Waals surface area contributed by atoms with E-state index in [1.807, 2.05) is 13.8 Å². The summed E-state index contributed by atoms with van der Waals surface area (Å²) in [6, 6.07) is 4.33. The summed E-state index contributed by atoms with van der Waals surface area (Å²) in [4.78, 5) is 36.4. The third-order valence-electron chi connectivity index (χ3n) is 3.00. The summed E-state index contributed by atoms with van der Waals surface area (Å²) >= 11 is 6.00. The fourth-order valence-corrected chi connectivity index (χ4v) is 2.03. The minimum atomic E-state index is -0.528. The van der Waals surface area contributed by atoms with E-state index in [-0.39, 0.29) is 24.1 Å². The lowest BCUT2D eigenvalue weighted by Crippen LogP contribution is -2.41. The summed E-state index contributed by atoms with van der Waals surface area (Å²) in [5.41, 5.74) is 0.566. The quantitative estimate of drug-likeness (QED) is 0.842. The van der Waals surface area contributed by atoms with E-state index in [1.165, 1.54) is 37.1 Å². The highest BCUT2D eigenvalue weighted by Crippen LogP contribution is 2.23. The molecule has 0 aliphatic heterocycles. The lowest BCUT2D eigenvalue weighted by atomic mass is 10.2. The van der Waals surface area contributed by atoms with Crippen molar-refractivity contribution in [3.05, 3.63) is 28.8 Å². The molecule has 0 spiro atoms. The van der Waals surface area contributed by atoms with Crippen molar-refractivity contribution in [2.75, 3.05) is 19.0 Å². The van der Waals surface area contributed by atoms with Gasteiger partial charge in [-0.2, -0.15) is 0 Å². The van der Waals surface area contributed by atoms with Crippen molar-refractivity contribution < 1.29 is 19.1 Å². The summed E-state index contributed by atoms with van der Waals surface area (Å²) in [5.74, 6) is -1.12. The Bertz CT molecular complexity index is 587. The van der Waals surface area contributed by atoms with Crippen LogP contribution in [-0.4, -0.2) is 42.4 Å². The van der Waals surface area contributed by atoms with E-state index in [4.69, 9.17) is 11.6 Å². The molecule has 22 heavy (non-hydrogen) atoms. The summed E-state index contributed by atoms with van der Waals surface area (Å²) in [7, 11) is 1.27. The van der Waals surface area contributed by atoms with Crippen LogP contribution >= 0.6 is 11.6 Å². The average molecular weight is 327 g/mol. The van der Waals surface area contributed by atoms with Gasteiger partial charge in [0.05, 0.1) is 23.4 Å². The SMILES string of the molecule is COC(=O)c1ccc(Cl)c(NC(=O)CN(C(C)=O)C(C)C)c1. The molecule has 0 heterocycles. The zero-order chi connectivity index (χ0) is 16.9. The third-order valence-corrected chi connectivity index (χ3v) is 3.33. The van der Waals surface area contributed by atoms with Crippen LogP contribution in [0.4, 0.5) is 5.69 Å². The molecule has 1 aromatic rings. The molecule has 120 valence electrons. The Kier molecular flexibility index (Phi) is 6.37. The maximum Gasteiger partial charge on any atom is 0.337 e. The lowest BCUT2D eigenvalue weighted by Gasteiger charge is -2.24. The topological polar surface area (TPSA) is 75.7 Å². The number of carbonyl (C=O) groups excluding carboxylic acids is 3. The number of nitrogens with zero attached hydrogens (tertiary/aromatic N) is 1. The number of rotatable bonds is 5. The number of hydrogen-bond donors (Lipinski definition) is 1. The van der Waals surface area contributed by atoms with Gasteiger partial charge in [-0.05, 0) is 32.0 Å². The first kappa shape index (κ1) is 18.0. The van der Waals surface area contributed by atoms with Crippen LogP contribution in [-0.2, 0) is 14.3 Å². The number of carbonyl (C=O) groups is 3. The molecule has 0 radical (unpaired) electrons. The molecular weight excluding hydrogens is 308 g/mol. The van der Waals surface area contributed by atoms with Gasteiger partial charge in [-0.1, -0.05) is 11.6 Å².